The summed E-state index contributed by atoms with van der Waals surface area (Å²) in [6.45, 7) is 1.99. The first-order valence-corrected chi connectivity index (χ1v) is 12.7. The summed E-state index contributed by atoms with van der Waals surface area (Å²) in [4.78, 5) is 16.6. The van der Waals surface area contributed by atoms with Gasteiger partial charge in [-0.1, -0.05) is 60.1 Å². The molecule has 0 saturated carbocycles. The highest BCUT2D eigenvalue weighted by molar-refractivity contribution is 6.33. The summed E-state index contributed by atoms with van der Waals surface area (Å²) in [7, 11) is 0. The van der Waals surface area contributed by atoms with Crippen LogP contribution in [0.5, 0.6) is 6.01 Å². The number of aromatic amines is 1. The zero-order valence-electron chi connectivity index (χ0n) is 19.9. The van der Waals surface area contributed by atoms with E-state index >= 15 is 0 Å². The molecule has 3 atom stereocenters. The van der Waals surface area contributed by atoms with Gasteiger partial charge in [0.25, 0.3) is 6.01 Å². The molecule has 3 aromatic heterocycles. The van der Waals surface area contributed by atoms with Gasteiger partial charge in [0, 0.05) is 31.1 Å². The van der Waals surface area contributed by atoms with Crippen LogP contribution in [0.25, 0.3) is 33.5 Å². The zero-order valence-corrected chi connectivity index (χ0v) is 20.6. The lowest BCUT2D eigenvalue weighted by atomic mass is 10.0. The van der Waals surface area contributed by atoms with Crippen molar-refractivity contribution >= 4 is 22.8 Å². The van der Waals surface area contributed by atoms with E-state index in [0.29, 0.717) is 35.6 Å². The summed E-state index contributed by atoms with van der Waals surface area (Å²) in [6, 6.07) is 19.0. The molecule has 0 amide bonds. The molecule has 5 heterocycles. The van der Waals surface area contributed by atoms with Crippen molar-refractivity contribution in [3.8, 4) is 28.4 Å². The minimum absolute atomic E-state index is 0.0493. The molecule has 2 aliphatic rings. The topological polar surface area (TPSA) is 87.1 Å². The third-order valence-corrected chi connectivity index (χ3v) is 7.25. The molecule has 2 fully saturated rings. The van der Waals surface area contributed by atoms with E-state index in [1.165, 1.54) is 5.56 Å². The lowest BCUT2D eigenvalue weighted by molar-refractivity contribution is 0.0273. The fourth-order valence-corrected chi connectivity index (χ4v) is 5.30. The lowest BCUT2D eigenvalue weighted by Crippen LogP contribution is -2.32. The minimum Gasteiger partial charge on any atom is -0.456 e. The predicted molar refractivity (Wildman–Crippen MR) is 140 cm³/mol. The van der Waals surface area contributed by atoms with Gasteiger partial charge in [0.15, 0.2) is 11.8 Å². The number of hydrogen-bond donors (Lipinski definition) is 1. The Kier molecular flexibility index (Phi) is 5.65. The second-order valence-electron chi connectivity index (χ2n) is 9.39. The molecule has 0 spiro atoms. The molecule has 7 rings (SSSR count). The van der Waals surface area contributed by atoms with E-state index in [1.807, 2.05) is 35.3 Å². The molecule has 2 aromatic carbocycles. The van der Waals surface area contributed by atoms with E-state index in [4.69, 9.17) is 30.8 Å². The molecular weight excluding hydrogens is 490 g/mol. The standard InChI is InChI=1S/C28H24ClN5O3/c29-21-13-22-27(33-28(31-22)37-24-15-36-23-9-12-35-26(23)24)32-25(21)20-7-5-19(6-8-20)18-3-1-17(2-4-18)14-34-11-10-30-16-34/h1-8,10-11,13,16,23-24,26H,9,12,14-15H2,(H,31,32,33)/t23-,24-,26+/m1/s1. The van der Waals surface area contributed by atoms with Crippen LogP contribution in [0.3, 0.4) is 0 Å². The van der Waals surface area contributed by atoms with Crippen LogP contribution in [-0.2, 0) is 16.0 Å². The van der Waals surface area contributed by atoms with Crippen molar-refractivity contribution < 1.29 is 14.2 Å². The average Bonchev–Trinajstić information content (AvgIpc) is 3.71. The lowest BCUT2D eigenvalue weighted by Gasteiger charge is -2.15. The Balaban J connectivity index is 1.09. The molecule has 8 nitrogen and oxygen atoms in total. The van der Waals surface area contributed by atoms with E-state index in [1.54, 1.807) is 6.20 Å². The number of benzene rings is 2. The van der Waals surface area contributed by atoms with Crippen LogP contribution in [-0.4, -0.2) is 56.0 Å². The molecule has 2 saturated heterocycles. The zero-order chi connectivity index (χ0) is 24.8. The Bertz CT molecular complexity index is 1530. The second-order valence-corrected chi connectivity index (χ2v) is 9.80. The number of imidazole rings is 2. The van der Waals surface area contributed by atoms with Gasteiger partial charge in [0.2, 0.25) is 0 Å². The van der Waals surface area contributed by atoms with Gasteiger partial charge in [-0.25, -0.2) is 9.97 Å². The molecule has 37 heavy (non-hydrogen) atoms. The fraction of sp³-hybridized carbons (Fsp3) is 0.250. The maximum absolute atomic E-state index is 6.63. The number of aromatic nitrogens is 5. The maximum atomic E-state index is 6.63. The van der Waals surface area contributed by atoms with Crippen LogP contribution in [0.2, 0.25) is 5.02 Å². The number of H-pyrrole nitrogens is 1. The van der Waals surface area contributed by atoms with Crippen LogP contribution in [0.4, 0.5) is 0 Å². The van der Waals surface area contributed by atoms with Crippen molar-refractivity contribution in [2.24, 2.45) is 0 Å². The number of ether oxygens (including phenoxy) is 3. The molecule has 0 bridgehead atoms. The monoisotopic (exact) mass is 513 g/mol. The highest BCUT2D eigenvalue weighted by atomic mass is 35.5. The van der Waals surface area contributed by atoms with Gasteiger partial charge in [0.05, 0.1) is 35.3 Å². The minimum atomic E-state index is -0.185. The third kappa shape index (κ3) is 4.37. The van der Waals surface area contributed by atoms with E-state index < -0.39 is 0 Å². The van der Waals surface area contributed by atoms with Crippen molar-refractivity contribution in [1.82, 2.24) is 24.5 Å². The normalized spacial score (nSPS) is 20.9. The number of pyridine rings is 1. The Labute approximate surface area is 218 Å². The van der Waals surface area contributed by atoms with Crippen LogP contribution >= 0.6 is 11.6 Å². The summed E-state index contributed by atoms with van der Waals surface area (Å²) in [6.07, 6.45) is 6.35. The van der Waals surface area contributed by atoms with Gasteiger partial charge in [-0.05, 0) is 29.2 Å². The molecule has 5 aromatic rings. The molecular formula is C28H24ClN5O3. The average molecular weight is 514 g/mol. The third-order valence-electron chi connectivity index (χ3n) is 6.96. The van der Waals surface area contributed by atoms with E-state index in [9.17, 15) is 0 Å². The van der Waals surface area contributed by atoms with E-state index in [0.717, 1.165) is 35.2 Å². The Morgan fingerprint density at radius 1 is 1.00 bits per heavy atom. The van der Waals surface area contributed by atoms with Crippen molar-refractivity contribution in [3.63, 3.8) is 0 Å². The smallest absolute Gasteiger partial charge is 0.296 e. The number of nitrogens with one attached hydrogen (secondary N) is 1. The Hall–Kier alpha value is -3.72. The number of rotatable bonds is 6. The highest BCUT2D eigenvalue weighted by Crippen LogP contribution is 2.33. The van der Waals surface area contributed by atoms with Crippen LogP contribution < -0.4 is 4.74 Å². The summed E-state index contributed by atoms with van der Waals surface area (Å²) in [5, 5.41) is 0.544. The molecule has 1 N–H and O–H groups in total. The maximum Gasteiger partial charge on any atom is 0.296 e. The molecule has 0 aliphatic carbocycles. The number of fused-ring (bicyclic) bond motifs is 2. The summed E-state index contributed by atoms with van der Waals surface area (Å²) < 4.78 is 19.6. The quantitative estimate of drug-likeness (QED) is 0.339. The largest absolute Gasteiger partial charge is 0.456 e. The molecule has 0 radical (unpaired) electrons. The van der Waals surface area contributed by atoms with Crippen molar-refractivity contribution in [1.29, 1.82) is 0 Å². The van der Waals surface area contributed by atoms with Crippen molar-refractivity contribution in [3.05, 3.63) is 83.9 Å². The van der Waals surface area contributed by atoms with Crippen LogP contribution in [0, 0.1) is 0 Å². The van der Waals surface area contributed by atoms with Gasteiger partial charge < -0.3 is 23.8 Å². The Morgan fingerprint density at radius 3 is 2.57 bits per heavy atom. The summed E-state index contributed by atoms with van der Waals surface area (Å²) in [5.74, 6) is 0. The van der Waals surface area contributed by atoms with Crippen molar-refractivity contribution in [2.75, 3.05) is 13.2 Å². The van der Waals surface area contributed by atoms with E-state index in [-0.39, 0.29) is 18.3 Å². The molecule has 0 unspecified atom stereocenters. The SMILES string of the molecule is Clc1cc2[nH]c(O[C@@H]3CO[C@@H]4CCO[C@@H]43)nc2nc1-c1ccc(-c2ccc(Cn3ccnc3)cc2)cc1. The molecule has 186 valence electrons. The van der Waals surface area contributed by atoms with Gasteiger partial charge in [-0.3, -0.25) is 0 Å². The van der Waals surface area contributed by atoms with Gasteiger partial charge in [-0.2, -0.15) is 4.98 Å². The van der Waals surface area contributed by atoms with Crippen LogP contribution in [0.15, 0.2) is 73.3 Å². The number of nitrogens with zero attached hydrogens (tertiary/aromatic N) is 4. The number of hydrogen-bond acceptors (Lipinski definition) is 6. The van der Waals surface area contributed by atoms with Gasteiger partial charge >= 0.3 is 0 Å². The van der Waals surface area contributed by atoms with Gasteiger partial charge in [0.1, 0.15) is 6.10 Å². The molecule has 2 aliphatic heterocycles. The van der Waals surface area contributed by atoms with Crippen LogP contribution in [0.1, 0.15) is 12.0 Å². The van der Waals surface area contributed by atoms with Crippen molar-refractivity contribution in [2.45, 2.75) is 31.3 Å². The first-order chi connectivity index (χ1) is 18.2. The highest BCUT2D eigenvalue weighted by Gasteiger charge is 2.43. The van der Waals surface area contributed by atoms with E-state index in [2.05, 4.69) is 51.4 Å². The van der Waals surface area contributed by atoms with Gasteiger partial charge in [-0.15, -0.1) is 0 Å². The summed E-state index contributed by atoms with van der Waals surface area (Å²) in [5.41, 5.74) is 6.36. The predicted octanol–water partition coefficient (Wildman–Crippen LogP) is 5.13. The molecule has 9 heteroatoms. The first kappa shape index (κ1) is 22.5. The first-order valence-electron chi connectivity index (χ1n) is 12.3. The summed E-state index contributed by atoms with van der Waals surface area (Å²) >= 11 is 6.63. The number of halogens is 1. The fourth-order valence-electron chi connectivity index (χ4n) is 5.04. The Morgan fingerprint density at radius 2 is 1.78 bits per heavy atom. The second kappa shape index (κ2) is 9.30.